The van der Waals surface area contributed by atoms with Crippen molar-refractivity contribution in [2.45, 2.75) is 31.4 Å². The molecule has 0 aliphatic carbocycles. The number of hydrogen-bond acceptors (Lipinski definition) is 3. The molecule has 1 aliphatic heterocycles. The van der Waals surface area contributed by atoms with Gasteiger partial charge in [0.1, 0.15) is 0 Å². The van der Waals surface area contributed by atoms with Gasteiger partial charge in [-0.05, 0) is 44.4 Å². The number of ketones is 1. The zero-order valence-electron chi connectivity index (χ0n) is 12.8. The van der Waals surface area contributed by atoms with Crippen molar-refractivity contribution in [2.75, 3.05) is 0 Å². The Labute approximate surface area is 140 Å². The highest BCUT2D eigenvalue weighted by atomic mass is 35.5. The topological polar surface area (TPSA) is 34.1 Å². The van der Waals surface area contributed by atoms with Crippen LogP contribution in [0, 0.1) is 5.92 Å². The summed E-state index contributed by atoms with van der Waals surface area (Å²) in [5.41, 5.74) is 2.00. The Kier molecular flexibility index (Phi) is 5.30. The van der Waals surface area contributed by atoms with E-state index in [1.807, 2.05) is 44.2 Å². The molecule has 2 unspecified atom stereocenters. The Balaban J connectivity index is 2.09. The van der Waals surface area contributed by atoms with Crippen LogP contribution in [0.4, 0.5) is 0 Å². The minimum atomic E-state index is -0.764. The Morgan fingerprint density at radius 1 is 1.36 bits per heavy atom. The highest BCUT2D eigenvalue weighted by Crippen LogP contribution is 2.43. The average molecular weight is 335 g/mol. The maximum absolute atomic E-state index is 12.6. The summed E-state index contributed by atoms with van der Waals surface area (Å²) in [4.78, 5) is 24.8. The lowest BCUT2D eigenvalue weighted by atomic mass is 9.89. The quantitative estimate of drug-likeness (QED) is 0.582. The second-order valence-corrected chi connectivity index (χ2v) is 7.59. The third-order valence-corrected chi connectivity index (χ3v) is 5.34. The number of carbonyl (C=O) groups excluding carboxylic acids is 2. The van der Waals surface area contributed by atoms with Gasteiger partial charge in [0.05, 0.1) is 10.7 Å². The minimum absolute atomic E-state index is 0.00216. The van der Waals surface area contributed by atoms with E-state index in [-0.39, 0.29) is 10.9 Å². The van der Waals surface area contributed by atoms with Crippen molar-refractivity contribution < 1.29 is 9.59 Å². The van der Waals surface area contributed by atoms with E-state index in [0.29, 0.717) is 17.9 Å². The molecule has 0 N–H and O–H groups in total. The Bertz CT molecular complexity index is 633. The summed E-state index contributed by atoms with van der Waals surface area (Å²) in [5, 5.41) is 0.652. The maximum atomic E-state index is 12.6. The van der Waals surface area contributed by atoms with Crippen molar-refractivity contribution in [3.63, 3.8) is 0 Å². The van der Waals surface area contributed by atoms with Gasteiger partial charge in [0.15, 0.2) is 5.78 Å². The summed E-state index contributed by atoms with van der Waals surface area (Å²) in [6.07, 6.45) is 4.78. The molecule has 1 aromatic carbocycles. The first-order valence-electron chi connectivity index (χ1n) is 7.19. The molecule has 0 spiro atoms. The number of Topliss-reactive ketones (excluding diaryl/α,β-unsaturated/α-hetero) is 1. The van der Waals surface area contributed by atoms with Crippen molar-refractivity contribution in [1.82, 2.24) is 0 Å². The zero-order chi connectivity index (χ0) is 16.3. The van der Waals surface area contributed by atoms with Crippen LogP contribution >= 0.6 is 23.4 Å². The van der Waals surface area contributed by atoms with E-state index in [1.165, 1.54) is 0 Å². The van der Waals surface area contributed by atoms with Crippen LogP contribution in [0.15, 0.2) is 48.6 Å². The molecule has 0 aromatic heterocycles. The van der Waals surface area contributed by atoms with E-state index in [2.05, 4.69) is 6.58 Å². The molecule has 22 heavy (non-hydrogen) atoms. The molecule has 2 atom stereocenters. The van der Waals surface area contributed by atoms with Gasteiger partial charge in [-0.25, -0.2) is 0 Å². The van der Waals surface area contributed by atoms with Crippen molar-refractivity contribution in [2.24, 2.45) is 5.92 Å². The van der Waals surface area contributed by atoms with Gasteiger partial charge in [0.25, 0.3) is 0 Å². The molecule has 0 amide bonds. The van der Waals surface area contributed by atoms with Crippen LogP contribution in [-0.2, 0) is 16.0 Å². The fraction of sp³-hybridized carbons (Fsp3) is 0.333. The van der Waals surface area contributed by atoms with E-state index in [0.717, 1.165) is 22.9 Å². The molecule has 0 radical (unpaired) electrons. The lowest BCUT2D eigenvalue weighted by Crippen LogP contribution is -2.29. The fourth-order valence-corrected chi connectivity index (χ4v) is 3.99. The molecule has 1 aromatic rings. The number of halogens is 1. The summed E-state index contributed by atoms with van der Waals surface area (Å²) in [5.74, 6) is -0.530. The van der Waals surface area contributed by atoms with Crippen molar-refractivity contribution in [3.05, 3.63) is 59.2 Å². The van der Waals surface area contributed by atoms with Gasteiger partial charge in [-0.2, -0.15) is 0 Å². The third-order valence-electron chi connectivity index (χ3n) is 3.86. The van der Waals surface area contributed by atoms with E-state index < -0.39 is 10.7 Å². The second kappa shape index (κ2) is 6.84. The molecule has 1 aliphatic rings. The summed E-state index contributed by atoms with van der Waals surface area (Å²) in [6, 6.07) is 7.51. The smallest absolute Gasteiger partial charge is 0.200 e. The van der Waals surface area contributed by atoms with Crippen LogP contribution in [0.1, 0.15) is 25.8 Å². The highest BCUT2D eigenvalue weighted by molar-refractivity contribution is 8.16. The van der Waals surface area contributed by atoms with E-state index >= 15 is 0 Å². The largest absolute Gasteiger partial charge is 0.297 e. The third kappa shape index (κ3) is 3.71. The van der Waals surface area contributed by atoms with Gasteiger partial charge in [-0.15, -0.1) is 0 Å². The molecule has 0 bridgehead atoms. The van der Waals surface area contributed by atoms with Gasteiger partial charge >= 0.3 is 0 Å². The number of aryl methyl sites for hydroxylation is 1. The summed E-state index contributed by atoms with van der Waals surface area (Å²) >= 11 is 6.99. The van der Waals surface area contributed by atoms with E-state index in [4.69, 9.17) is 11.6 Å². The van der Waals surface area contributed by atoms with Gasteiger partial charge in [0.2, 0.25) is 5.12 Å². The second-order valence-electron chi connectivity index (χ2n) is 5.70. The number of thioether (sulfide) groups is 1. The normalized spacial score (nSPS) is 25.6. The Morgan fingerprint density at radius 2 is 2.00 bits per heavy atom. The summed E-state index contributed by atoms with van der Waals surface area (Å²) in [6.45, 7) is 7.39. The van der Waals surface area contributed by atoms with Gasteiger partial charge in [-0.3, -0.25) is 9.59 Å². The van der Waals surface area contributed by atoms with Crippen LogP contribution in [0.5, 0.6) is 0 Å². The first kappa shape index (κ1) is 17.0. The number of hydrogen-bond donors (Lipinski definition) is 0. The van der Waals surface area contributed by atoms with Crippen LogP contribution in [-0.4, -0.2) is 15.6 Å². The number of benzene rings is 1. The number of carbonyl (C=O) groups is 2. The van der Waals surface area contributed by atoms with Crippen LogP contribution in [0.25, 0.3) is 0 Å². The van der Waals surface area contributed by atoms with Crippen molar-refractivity contribution in [1.29, 1.82) is 0 Å². The van der Waals surface area contributed by atoms with Gasteiger partial charge in [0, 0.05) is 5.02 Å². The summed E-state index contributed by atoms with van der Waals surface area (Å²) < 4.78 is -0.764. The molecule has 116 valence electrons. The molecule has 1 saturated heterocycles. The average Bonchev–Trinajstić information content (AvgIpc) is 2.68. The molecular formula is C18H19ClO2S. The standard InChI is InChI=1S/C18H19ClO2S/c1-4-12(2)11-18(3)16(20)15(17(21)22-18)10-7-13-5-8-14(19)9-6-13/h4-6,8-9,11,15H,1,7,10H2,2-3H3. The van der Waals surface area contributed by atoms with Gasteiger partial charge < -0.3 is 0 Å². The lowest BCUT2D eigenvalue weighted by molar-refractivity contribution is -0.127. The van der Waals surface area contributed by atoms with Crippen LogP contribution < -0.4 is 0 Å². The molecule has 0 saturated carbocycles. The van der Waals surface area contributed by atoms with E-state index in [9.17, 15) is 9.59 Å². The fourth-order valence-electron chi connectivity index (χ4n) is 2.59. The monoisotopic (exact) mass is 334 g/mol. The number of rotatable bonds is 5. The van der Waals surface area contributed by atoms with Crippen molar-refractivity contribution in [3.8, 4) is 0 Å². The highest BCUT2D eigenvalue weighted by Gasteiger charge is 2.49. The Hall–Kier alpha value is -1.32. The molecule has 1 heterocycles. The molecule has 2 nitrogen and oxygen atoms in total. The predicted molar refractivity (Wildman–Crippen MR) is 93.2 cm³/mol. The zero-order valence-corrected chi connectivity index (χ0v) is 14.3. The maximum Gasteiger partial charge on any atom is 0.200 e. The van der Waals surface area contributed by atoms with Crippen molar-refractivity contribution >= 4 is 34.3 Å². The SMILES string of the molecule is C=CC(C)=CC1(C)SC(=O)C(CCc2ccc(Cl)cc2)C1=O. The molecular weight excluding hydrogens is 316 g/mol. The van der Waals surface area contributed by atoms with Gasteiger partial charge in [-0.1, -0.05) is 59.8 Å². The molecule has 2 rings (SSSR count). The van der Waals surface area contributed by atoms with E-state index in [1.54, 1.807) is 6.08 Å². The number of allylic oxidation sites excluding steroid dienone is 2. The van der Waals surface area contributed by atoms with Crippen LogP contribution in [0.2, 0.25) is 5.02 Å². The lowest BCUT2D eigenvalue weighted by Gasteiger charge is -2.16. The Morgan fingerprint density at radius 3 is 2.59 bits per heavy atom. The molecule has 4 heteroatoms. The minimum Gasteiger partial charge on any atom is -0.297 e. The van der Waals surface area contributed by atoms with Crippen LogP contribution in [0.3, 0.4) is 0 Å². The molecule has 1 fully saturated rings. The summed E-state index contributed by atoms with van der Waals surface area (Å²) in [7, 11) is 0. The first-order chi connectivity index (χ1) is 10.4. The predicted octanol–water partition coefficient (Wildman–Crippen LogP) is 4.62. The first-order valence-corrected chi connectivity index (χ1v) is 8.38.